The molecule has 2 aromatic carbocycles. The SMILES string of the molecule is Cc1ccc(NC(O)N(CCCN2[C@@H]3CC[C@H]2CC(n2c(C)nc4c2CCN(C(=O)C(C)(C)C)C4)C3)c2ccc(F)cc2)cc1. The molecule has 3 aliphatic rings. The average molecular weight is 617 g/mol. The number of carbonyl (C=O) groups excluding carboxylic acids is 1. The molecule has 3 aromatic rings. The van der Waals surface area contributed by atoms with Gasteiger partial charge in [0.15, 0.2) is 0 Å². The quantitative estimate of drug-likeness (QED) is 0.287. The van der Waals surface area contributed by atoms with E-state index >= 15 is 0 Å². The fraction of sp³-hybridized carbons (Fsp3) is 0.556. The van der Waals surface area contributed by atoms with Crippen molar-refractivity contribution in [2.24, 2.45) is 5.41 Å². The Morgan fingerprint density at radius 2 is 1.71 bits per heavy atom. The highest BCUT2D eigenvalue weighted by Crippen LogP contribution is 2.42. The number of fused-ring (bicyclic) bond motifs is 3. The normalized spacial score (nSPS) is 22.3. The van der Waals surface area contributed by atoms with Crippen LogP contribution in [0, 0.1) is 25.1 Å². The van der Waals surface area contributed by atoms with Crippen LogP contribution in [-0.2, 0) is 17.8 Å². The van der Waals surface area contributed by atoms with Crippen molar-refractivity contribution >= 4 is 17.3 Å². The van der Waals surface area contributed by atoms with Gasteiger partial charge in [0.05, 0.1) is 12.2 Å². The van der Waals surface area contributed by atoms with Crippen LogP contribution >= 0.6 is 0 Å². The summed E-state index contributed by atoms with van der Waals surface area (Å²) in [4.78, 5) is 24.5. The monoisotopic (exact) mass is 616 g/mol. The number of hydrogen-bond donors (Lipinski definition) is 2. The topological polar surface area (TPSA) is 76.9 Å². The van der Waals surface area contributed by atoms with Crippen LogP contribution in [0.25, 0.3) is 0 Å². The Morgan fingerprint density at radius 3 is 2.36 bits per heavy atom. The van der Waals surface area contributed by atoms with Crippen molar-refractivity contribution in [3.8, 4) is 0 Å². The smallest absolute Gasteiger partial charge is 0.228 e. The fourth-order valence-electron chi connectivity index (χ4n) is 7.82. The summed E-state index contributed by atoms with van der Waals surface area (Å²) in [6.07, 6.45) is 5.47. The molecule has 2 bridgehead atoms. The number of piperidine rings is 1. The molecule has 3 aliphatic heterocycles. The van der Waals surface area contributed by atoms with Crippen LogP contribution < -0.4 is 10.2 Å². The van der Waals surface area contributed by atoms with Gasteiger partial charge >= 0.3 is 0 Å². The van der Waals surface area contributed by atoms with Gasteiger partial charge in [0.1, 0.15) is 11.6 Å². The maximum absolute atomic E-state index is 13.7. The van der Waals surface area contributed by atoms with Gasteiger partial charge in [-0.1, -0.05) is 38.5 Å². The third kappa shape index (κ3) is 6.75. The summed E-state index contributed by atoms with van der Waals surface area (Å²) in [6, 6.07) is 15.8. The lowest BCUT2D eigenvalue weighted by Gasteiger charge is -2.41. The molecule has 2 N–H and O–H groups in total. The van der Waals surface area contributed by atoms with Crippen molar-refractivity contribution in [1.29, 1.82) is 0 Å². The molecule has 4 heterocycles. The first-order chi connectivity index (χ1) is 21.5. The minimum atomic E-state index is -0.939. The number of imidazole rings is 1. The van der Waals surface area contributed by atoms with E-state index in [4.69, 9.17) is 4.98 Å². The van der Waals surface area contributed by atoms with Crippen LogP contribution in [0.1, 0.15) is 81.7 Å². The second-order valence-corrected chi connectivity index (χ2v) is 14.3. The van der Waals surface area contributed by atoms with Gasteiger partial charge in [-0.05, 0) is 82.3 Å². The highest BCUT2D eigenvalue weighted by molar-refractivity contribution is 5.81. The summed E-state index contributed by atoms with van der Waals surface area (Å²) in [7, 11) is 0. The number of rotatable bonds is 9. The van der Waals surface area contributed by atoms with Crippen LogP contribution in [0.2, 0.25) is 0 Å². The second kappa shape index (κ2) is 12.8. The Morgan fingerprint density at radius 1 is 1.04 bits per heavy atom. The zero-order valence-electron chi connectivity index (χ0n) is 27.5. The lowest BCUT2D eigenvalue weighted by molar-refractivity contribution is -0.140. The Bertz CT molecular complexity index is 1470. The van der Waals surface area contributed by atoms with Crippen LogP contribution in [0.15, 0.2) is 48.5 Å². The summed E-state index contributed by atoms with van der Waals surface area (Å²) in [5.74, 6) is 0.986. The number of anilines is 2. The maximum atomic E-state index is 13.7. The molecule has 9 heteroatoms. The van der Waals surface area contributed by atoms with Crippen molar-refractivity contribution in [1.82, 2.24) is 19.4 Å². The van der Waals surface area contributed by atoms with Crippen molar-refractivity contribution in [2.75, 3.05) is 29.9 Å². The third-order valence-corrected chi connectivity index (χ3v) is 10.00. The average Bonchev–Trinajstić information content (AvgIpc) is 3.45. The molecule has 2 saturated heterocycles. The van der Waals surface area contributed by atoms with E-state index in [0.29, 0.717) is 31.2 Å². The molecule has 0 spiro atoms. The summed E-state index contributed by atoms with van der Waals surface area (Å²) in [6.45, 7) is 13.1. The molecule has 1 aromatic heterocycles. The lowest BCUT2D eigenvalue weighted by atomic mass is 9.93. The zero-order chi connectivity index (χ0) is 31.9. The summed E-state index contributed by atoms with van der Waals surface area (Å²) in [5.41, 5.74) is 4.80. The van der Waals surface area contributed by atoms with E-state index in [-0.39, 0.29) is 17.1 Å². The van der Waals surface area contributed by atoms with Gasteiger partial charge in [-0.2, -0.15) is 0 Å². The van der Waals surface area contributed by atoms with Gasteiger partial charge in [0, 0.05) is 66.7 Å². The van der Waals surface area contributed by atoms with Crippen LogP contribution in [0.5, 0.6) is 0 Å². The first-order valence-electron chi connectivity index (χ1n) is 16.6. The van der Waals surface area contributed by atoms with Crippen LogP contribution in [0.3, 0.4) is 0 Å². The summed E-state index contributed by atoms with van der Waals surface area (Å²) < 4.78 is 16.3. The standard InChI is InChI=1S/C36H49FN6O2/c1-24-7-11-27(12-8-24)39-35(45)42(28-13-9-26(37)10-14-28)19-6-18-41-29-15-16-30(41)22-31(21-29)43-25(2)38-32-23-40(20-17-33(32)43)34(44)36(3,4)5/h7-14,29-31,35,39,45H,6,15-23H2,1-5H3/t29-,30+,31?,35?. The molecular formula is C36H49FN6O2. The highest BCUT2D eigenvalue weighted by Gasteiger charge is 2.42. The Balaban J connectivity index is 1.09. The van der Waals surface area contributed by atoms with Gasteiger partial charge < -0.3 is 24.8 Å². The number of aromatic nitrogens is 2. The molecule has 4 atom stereocenters. The molecule has 1 amide bonds. The molecule has 0 radical (unpaired) electrons. The molecule has 6 rings (SSSR count). The molecule has 8 nitrogen and oxygen atoms in total. The second-order valence-electron chi connectivity index (χ2n) is 14.3. The van der Waals surface area contributed by atoms with E-state index < -0.39 is 6.35 Å². The number of aliphatic hydroxyl groups excluding tert-OH is 1. The zero-order valence-corrected chi connectivity index (χ0v) is 27.5. The molecule has 2 unspecified atom stereocenters. The fourth-order valence-corrected chi connectivity index (χ4v) is 7.82. The molecule has 2 fully saturated rings. The predicted molar refractivity (Wildman–Crippen MR) is 176 cm³/mol. The van der Waals surface area contributed by atoms with Gasteiger partial charge in [-0.15, -0.1) is 0 Å². The van der Waals surface area contributed by atoms with Crippen LogP contribution in [0.4, 0.5) is 15.8 Å². The largest absolute Gasteiger partial charge is 0.356 e. The molecule has 242 valence electrons. The number of halogens is 1. The predicted octanol–water partition coefficient (Wildman–Crippen LogP) is 6.02. The molecular weight excluding hydrogens is 567 g/mol. The molecule has 0 saturated carbocycles. The number of carbonyl (C=O) groups is 1. The van der Waals surface area contributed by atoms with Gasteiger partial charge in [0.25, 0.3) is 0 Å². The van der Waals surface area contributed by atoms with E-state index in [0.717, 1.165) is 67.2 Å². The van der Waals surface area contributed by atoms with E-state index in [1.165, 1.54) is 30.7 Å². The summed E-state index contributed by atoms with van der Waals surface area (Å²) >= 11 is 0. The number of hydrogen-bond acceptors (Lipinski definition) is 6. The first kappa shape index (κ1) is 31.5. The third-order valence-electron chi connectivity index (χ3n) is 10.00. The summed E-state index contributed by atoms with van der Waals surface area (Å²) in [5, 5.41) is 14.4. The van der Waals surface area contributed by atoms with Crippen molar-refractivity contribution in [3.05, 3.63) is 77.1 Å². The lowest BCUT2D eigenvalue weighted by Crippen LogP contribution is -2.46. The minimum Gasteiger partial charge on any atom is -0.356 e. The number of nitrogens with zero attached hydrogens (tertiary/aromatic N) is 5. The van der Waals surface area contributed by atoms with Gasteiger partial charge in [-0.25, -0.2) is 9.37 Å². The number of amides is 1. The highest BCUT2D eigenvalue weighted by atomic mass is 19.1. The van der Waals surface area contributed by atoms with E-state index in [2.05, 4.69) is 21.7 Å². The van der Waals surface area contributed by atoms with Crippen molar-refractivity contribution in [2.45, 2.75) is 104 Å². The number of aliphatic hydroxyl groups is 1. The maximum Gasteiger partial charge on any atom is 0.228 e. The van der Waals surface area contributed by atoms with Gasteiger partial charge in [-0.3, -0.25) is 9.69 Å². The van der Waals surface area contributed by atoms with E-state index in [1.54, 1.807) is 12.1 Å². The van der Waals surface area contributed by atoms with Gasteiger partial charge in [0.2, 0.25) is 12.3 Å². The Labute approximate surface area is 267 Å². The number of nitrogens with one attached hydrogen (secondary N) is 1. The van der Waals surface area contributed by atoms with E-state index in [9.17, 15) is 14.3 Å². The number of benzene rings is 2. The molecule has 0 aliphatic carbocycles. The Kier molecular flexibility index (Phi) is 8.94. The van der Waals surface area contributed by atoms with E-state index in [1.807, 2.05) is 61.8 Å². The van der Waals surface area contributed by atoms with Crippen molar-refractivity contribution < 1.29 is 14.3 Å². The minimum absolute atomic E-state index is 0.197. The van der Waals surface area contributed by atoms with Crippen molar-refractivity contribution in [3.63, 3.8) is 0 Å². The molecule has 45 heavy (non-hydrogen) atoms. The number of aryl methyl sites for hydroxylation is 2. The first-order valence-corrected chi connectivity index (χ1v) is 16.6. The van der Waals surface area contributed by atoms with Crippen LogP contribution in [-0.4, -0.2) is 68.4 Å². The Hall–Kier alpha value is -3.43.